The Kier molecular flexibility index (Phi) is 4.77. The Morgan fingerprint density at radius 2 is 1.82 bits per heavy atom. The zero-order valence-electron chi connectivity index (χ0n) is 7.06. The van der Waals surface area contributed by atoms with E-state index in [9.17, 15) is 4.21 Å². The first kappa shape index (κ1) is 11.6. The van der Waals surface area contributed by atoms with Crippen LogP contribution in [0.2, 0.25) is 0 Å². The van der Waals surface area contributed by atoms with Crippen molar-refractivity contribution in [3.8, 4) is 0 Å². The molecule has 0 fully saturated rings. The SMILES string of the molecule is O=S(O)(=S)c1ccccc1.[H-].[Na+]. The molecular formula is C6H7NaO2S2. The second kappa shape index (κ2) is 4.54. The Balaban J connectivity index is 0. The third kappa shape index (κ3) is 3.64. The summed E-state index contributed by atoms with van der Waals surface area (Å²) < 4.78 is 19.6. The maximum atomic E-state index is 10.8. The molecule has 0 amide bonds. The molecule has 0 aliphatic carbocycles. The molecule has 0 saturated heterocycles. The van der Waals surface area contributed by atoms with Crippen LogP contribution in [0.25, 0.3) is 0 Å². The average molecular weight is 198 g/mol. The van der Waals surface area contributed by atoms with Gasteiger partial charge in [0.05, 0.1) is 4.90 Å². The fourth-order valence-electron chi connectivity index (χ4n) is 0.592. The van der Waals surface area contributed by atoms with Crippen LogP contribution in [-0.2, 0) is 20.0 Å². The van der Waals surface area contributed by atoms with Gasteiger partial charge in [-0.3, -0.25) is 0 Å². The summed E-state index contributed by atoms with van der Waals surface area (Å²) in [5, 5.41) is 0. The standard InChI is InChI=1S/C6H6O2S2.Na.H/c7-10(8,9)6-4-2-1-3-5-6;;/h1-5H,(H,7,8,9);;/q;+1;-1. The quantitative estimate of drug-likeness (QED) is 0.551. The normalized spacial score (nSPS) is 14.6. The molecular weight excluding hydrogens is 191 g/mol. The Morgan fingerprint density at radius 3 is 2.09 bits per heavy atom. The van der Waals surface area contributed by atoms with Crippen LogP contribution in [-0.4, -0.2) is 8.76 Å². The van der Waals surface area contributed by atoms with E-state index in [-0.39, 0.29) is 31.0 Å². The minimum atomic E-state index is -3.17. The van der Waals surface area contributed by atoms with Crippen molar-refractivity contribution in [2.24, 2.45) is 0 Å². The van der Waals surface area contributed by atoms with E-state index in [1.54, 1.807) is 18.2 Å². The summed E-state index contributed by atoms with van der Waals surface area (Å²) in [6, 6.07) is 8.20. The number of rotatable bonds is 1. The first-order chi connectivity index (χ1) is 4.61. The predicted octanol–water partition coefficient (Wildman–Crippen LogP) is -1.62. The van der Waals surface area contributed by atoms with Crippen molar-refractivity contribution >= 4 is 20.0 Å². The van der Waals surface area contributed by atoms with Gasteiger partial charge in [-0.05, 0) is 12.1 Å². The van der Waals surface area contributed by atoms with Gasteiger partial charge in [0.2, 0.25) is 0 Å². The first-order valence-electron chi connectivity index (χ1n) is 2.63. The summed E-state index contributed by atoms with van der Waals surface area (Å²) in [5.74, 6) is 0. The van der Waals surface area contributed by atoms with Crippen LogP contribution in [0.4, 0.5) is 0 Å². The van der Waals surface area contributed by atoms with Gasteiger partial charge in [0.1, 0.15) is 0 Å². The van der Waals surface area contributed by atoms with Crippen molar-refractivity contribution < 1.29 is 39.7 Å². The van der Waals surface area contributed by atoms with E-state index in [1.165, 1.54) is 12.1 Å². The van der Waals surface area contributed by atoms with Crippen LogP contribution >= 0.6 is 0 Å². The average Bonchev–Trinajstić information content (AvgIpc) is 1.88. The Morgan fingerprint density at radius 1 is 1.36 bits per heavy atom. The summed E-state index contributed by atoms with van der Waals surface area (Å²) in [4.78, 5) is 0.296. The number of benzene rings is 1. The third-order valence-electron chi connectivity index (χ3n) is 1.04. The third-order valence-corrected chi connectivity index (χ3v) is 2.49. The second-order valence-corrected chi connectivity index (χ2v) is 4.57. The van der Waals surface area contributed by atoms with Gasteiger partial charge < -0.3 is 5.98 Å². The molecule has 1 aromatic carbocycles. The summed E-state index contributed by atoms with van der Waals surface area (Å²) in [5.41, 5.74) is 0. The molecule has 0 heterocycles. The molecule has 1 N–H and O–H groups in total. The van der Waals surface area contributed by atoms with Crippen LogP contribution in [0.5, 0.6) is 0 Å². The molecule has 1 rings (SSSR count). The molecule has 5 heteroatoms. The van der Waals surface area contributed by atoms with E-state index in [0.29, 0.717) is 4.90 Å². The van der Waals surface area contributed by atoms with E-state index in [0.717, 1.165) is 0 Å². The van der Waals surface area contributed by atoms with Crippen LogP contribution in [0, 0.1) is 0 Å². The zero-order valence-corrected chi connectivity index (χ0v) is 9.69. The summed E-state index contributed by atoms with van der Waals surface area (Å²) in [6.07, 6.45) is 0. The largest absolute Gasteiger partial charge is 1.00 e. The summed E-state index contributed by atoms with van der Waals surface area (Å²) >= 11 is 4.33. The van der Waals surface area contributed by atoms with Crippen molar-refractivity contribution in [2.45, 2.75) is 4.90 Å². The van der Waals surface area contributed by atoms with Gasteiger partial charge in [0.15, 0.2) is 8.77 Å². The Hall–Kier alpha value is 0.550. The first-order valence-corrected chi connectivity index (χ1v) is 5.07. The number of hydrogen-bond acceptors (Lipinski definition) is 2. The zero-order chi connectivity index (χ0) is 7.61. The van der Waals surface area contributed by atoms with E-state index in [2.05, 4.69) is 11.2 Å². The fraction of sp³-hybridized carbons (Fsp3) is 0. The van der Waals surface area contributed by atoms with Crippen molar-refractivity contribution in [3.05, 3.63) is 30.3 Å². The molecule has 0 aromatic heterocycles. The molecule has 0 saturated carbocycles. The topological polar surface area (TPSA) is 37.3 Å². The Labute approximate surface area is 94.3 Å². The second-order valence-electron chi connectivity index (χ2n) is 1.79. The molecule has 56 valence electrons. The van der Waals surface area contributed by atoms with Crippen LogP contribution < -0.4 is 29.6 Å². The van der Waals surface area contributed by atoms with Crippen LogP contribution in [0.3, 0.4) is 0 Å². The van der Waals surface area contributed by atoms with Crippen LogP contribution in [0.15, 0.2) is 35.2 Å². The van der Waals surface area contributed by atoms with Gasteiger partial charge >= 0.3 is 29.6 Å². The van der Waals surface area contributed by atoms with E-state index >= 15 is 0 Å². The van der Waals surface area contributed by atoms with Gasteiger partial charge in [0, 0.05) is 11.2 Å². The number of hydrogen-bond donors (Lipinski definition) is 1. The monoisotopic (exact) mass is 198 g/mol. The van der Waals surface area contributed by atoms with Crippen molar-refractivity contribution in [3.63, 3.8) is 0 Å². The maximum Gasteiger partial charge on any atom is 1.00 e. The summed E-state index contributed by atoms with van der Waals surface area (Å²) in [7, 11) is -3.17. The molecule has 11 heavy (non-hydrogen) atoms. The minimum Gasteiger partial charge on any atom is -1.00 e. The molecule has 1 atom stereocenters. The molecule has 0 aliphatic heterocycles. The van der Waals surface area contributed by atoms with E-state index in [1.807, 2.05) is 0 Å². The minimum absolute atomic E-state index is 0. The maximum absolute atomic E-state index is 10.8. The molecule has 2 nitrogen and oxygen atoms in total. The van der Waals surface area contributed by atoms with E-state index < -0.39 is 8.77 Å². The molecule has 0 spiro atoms. The summed E-state index contributed by atoms with van der Waals surface area (Å²) in [6.45, 7) is 0. The smallest absolute Gasteiger partial charge is 1.00 e. The fourth-order valence-corrected chi connectivity index (χ4v) is 1.43. The molecule has 0 aliphatic rings. The van der Waals surface area contributed by atoms with Crippen molar-refractivity contribution in [2.75, 3.05) is 0 Å². The molecule has 0 radical (unpaired) electrons. The molecule has 1 aromatic rings. The van der Waals surface area contributed by atoms with Crippen molar-refractivity contribution in [1.29, 1.82) is 0 Å². The predicted molar refractivity (Wildman–Crippen MR) is 44.0 cm³/mol. The molecule has 0 bridgehead atoms. The van der Waals surface area contributed by atoms with Gasteiger partial charge in [-0.1, -0.05) is 18.2 Å². The van der Waals surface area contributed by atoms with Gasteiger partial charge in [0.25, 0.3) is 0 Å². The van der Waals surface area contributed by atoms with Gasteiger partial charge in [-0.15, -0.1) is 0 Å². The van der Waals surface area contributed by atoms with E-state index in [4.69, 9.17) is 4.55 Å². The van der Waals surface area contributed by atoms with Crippen LogP contribution in [0.1, 0.15) is 1.43 Å². The van der Waals surface area contributed by atoms with Crippen molar-refractivity contribution in [1.82, 2.24) is 0 Å². The van der Waals surface area contributed by atoms with Gasteiger partial charge in [-0.25, -0.2) is 4.21 Å². The van der Waals surface area contributed by atoms with Gasteiger partial charge in [-0.2, -0.15) is 0 Å². The molecule has 1 unspecified atom stereocenters. The Bertz CT molecular complexity index is 312.